The van der Waals surface area contributed by atoms with E-state index in [4.69, 9.17) is 19.7 Å². The number of hydrogen-bond donors (Lipinski definition) is 0. The topological polar surface area (TPSA) is 47.9 Å². The van der Waals surface area contributed by atoms with Crippen LogP contribution in [-0.4, -0.2) is 21.1 Å². The van der Waals surface area contributed by atoms with Gasteiger partial charge in [0.1, 0.15) is 11.9 Å². The normalized spacial score (nSPS) is 15.7. The minimum absolute atomic E-state index is 0.0919. The molecule has 7 aromatic carbocycles. The van der Waals surface area contributed by atoms with E-state index >= 15 is 0 Å². The quantitative estimate of drug-likeness (QED) is 0.175. The van der Waals surface area contributed by atoms with Gasteiger partial charge in [-0.3, -0.25) is 0 Å². The van der Waals surface area contributed by atoms with Gasteiger partial charge in [-0.1, -0.05) is 170 Å². The van der Waals surface area contributed by atoms with Crippen LogP contribution in [0.4, 0.5) is 0 Å². The first-order valence-electron chi connectivity index (χ1n) is 18.0. The van der Waals surface area contributed by atoms with E-state index in [-0.39, 0.29) is 12.0 Å². The van der Waals surface area contributed by atoms with Gasteiger partial charge in [-0.25, -0.2) is 15.0 Å². The Hall–Kier alpha value is -6.91. The zero-order chi connectivity index (χ0) is 35.1. The molecule has 0 saturated heterocycles. The highest BCUT2D eigenvalue weighted by Crippen LogP contribution is 2.51. The summed E-state index contributed by atoms with van der Waals surface area (Å²) in [5.74, 6) is 2.73. The second-order valence-electron chi connectivity index (χ2n) is 13.5. The summed E-state index contributed by atoms with van der Waals surface area (Å²) >= 11 is 0. The summed E-state index contributed by atoms with van der Waals surface area (Å²) in [6.45, 7) is 0. The van der Waals surface area contributed by atoms with Crippen molar-refractivity contribution in [3.63, 3.8) is 0 Å². The monoisotopic (exact) mass is 679 g/mol. The third-order valence-corrected chi connectivity index (χ3v) is 10.3. The first-order chi connectivity index (χ1) is 26.2. The van der Waals surface area contributed by atoms with Gasteiger partial charge in [0.2, 0.25) is 0 Å². The largest absolute Gasteiger partial charge is 0.485 e. The van der Waals surface area contributed by atoms with Crippen molar-refractivity contribution in [2.75, 3.05) is 0 Å². The van der Waals surface area contributed by atoms with Gasteiger partial charge < -0.3 is 4.74 Å². The molecule has 4 nitrogen and oxygen atoms in total. The molecule has 8 aromatic rings. The van der Waals surface area contributed by atoms with Crippen molar-refractivity contribution >= 4 is 16.3 Å². The molecule has 2 unspecified atom stereocenters. The van der Waals surface area contributed by atoms with Crippen LogP contribution in [0.5, 0.6) is 5.75 Å². The number of hydrogen-bond acceptors (Lipinski definition) is 4. The standard InChI is InChI=1S/C49H33N3O/c1-3-11-32(12-4-1)34-23-28-38(29-24-34)48-50-47(37-14-5-2-6-15-37)51-49(52-48)42-18-10-20-44-46(42)45-41(17-9-19-43(45)53-44)36-26-21-35(22-27-36)40-30-25-33-13-7-8-16-39(33)31-40/h1-31,44,46H. The first-order valence-corrected chi connectivity index (χ1v) is 18.0. The zero-order valence-corrected chi connectivity index (χ0v) is 28.8. The van der Waals surface area contributed by atoms with Crippen LogP contribution in [0.1, 0.15) is 17.3 Å². The summed E-state index contributed by atoms with van der Waals surface area (Å²) in [4.78, 5) is 15.3. The lowest BCUT2D eigenvalue weighted by atomic mass is 9.80. The smallest absolute Gasteiger partial charge is 0.164 e. The molecule has 2 heterocycles. The fraction of sp³-hybridized carbons (Fsp3) is 0.0408. The highest BCUT2D eigenvalue weighted by molar-refractivity contribution is 5.88. The Morgan fingerprint density at radius 3 is 1.70 bits per heavy atom. The van der Waals surface area contributed by atoms with Crippen molar-refractivity contribution in [1.82, 2.24) is 15.0 Å². The Balaban J connectivity index is 1.05. The van der Waals surface area contributed by atoms with Crippen molar-refractivity contribution in [3.05, 3.63) is 199 Å². The van der Waals surface area contributed by atoms with Gasteiger partial charge in [0.05, 0.1) is 5.92 Å². The van der Waals surface area contributed by atoms with Crippen LogP contribution in [0.25, 0.3) is 72.5 Å². The molecular weight excluding hydrogens is 647 g/mol. The molecule has 10 rings (SSSR count). The average molecular weight is 680 g/mol. The van der Waals surface area contributed by atoms with Crippen LogP contribution in [-0.2, 0) is 0 Å². The van der Waals surface area contributed by atoms with Crippen LogP contribution < -0.4 is 4.74 Å². The first kappa shape index (κ1) is 30.9. The molecule has 2 atom stereocenters. The van der Waals surface area contributed by atoms with E-state index in [1.54, 1.807) is 0 Å². The number of rotatable bonds is 6. The van der Waals surface area contributed by atoms with Crippen molar-refractivity contribution in [3.8, 4) is 61.9 Å². The molecule has 0 saturated carbocycles. The second-order valence-corrected chi connectivity index (χ2v) is 13.5. The van der Waals surface area contributed by atoms with Crippen LogP contribution in [0.2, 0.25) is 0 Å². The maximum absolute atomic E-state index is 6.64. The molecule has 1 aliphatic heterocycles. The van der Waals surface area contributed by atoms with Crippen molar-refractivity contribution in [1.29, 1.82) is 0 Å². The van der Waals surface area contributed by atoms with Gasteiger partial charge >= 0.3 is 0 Å². The van der Waals surface area contributed by atoms with E-state index < -0.39 is 0 Å². The molecular formula is C49H33N3O. The van der Waals surface area contributed by atoms with Crippen LogP contribution in [0.3, 0.4) is 0 Å². The lowest BCUT2D eigenvalue weighted by molar-refractivity contribution is 0.271. The van der Waals surface area contributed by atoms with Gasteiger partial charge in [-0.05, 0) is 62.4 Å². The lowest BCUT2D eigenvalue weighted by Crippen LogP contribution is -2.21. The molecule has 1 aliphatic carbocycles. The van der Waals surface area contributed by atoms with Gasteiger partial charge in [-0.15, -0.1) is 0 Å². The van der Waals surface area contributed by atoms with Gasteiger partial charge in [0.25, 0.3) is 0 Å². The molecule has 0 fully saturated rings. The fourth-order valence-corrected chi connectivity index (χ4v) is 7.67. The highest BCUT2D eigenvalue weighted by Gasteiger charge is 2.40. The van der Waals surface area contributed by atoms with Crippen LogP contribution >= 0.6 is 0 Å². The number of allylic oxidation sites excluding steroid dienone is 2. The van der Waals surface area contributed by atoms with E-state index in [0.29, 0.717) is 17.5 Å². The molecule has 2 aliphatic rings. The van der Waals surface area contributed by atoms with E-state index in [0.717, 1.165) is 44.7 Å². The summed E-state index contributed by atoms with van der Waals surface area (Å²) in [5.41, 5.74) is 11.0. The molecule has 0 N–H and O–H groups in total. The number of ether oxygens (including phenoxy) is 1. The predicted molar refractivity (Wildman–Crippen MR) is 215 cm³/mol. The van der Waals surface area contributed by atoms with Gasteiger partial charge in [0.15, 0.2) is 17.5 Å². The van der Waals surface area contributed by atoms with Crippen LogP contribution in [0.15, 0.2) is 188 Å². The minimum atomic E-state index is -0.173. The Labute approximate surface area is 308 Å². The summed E-state index contributed by atoms with van der Waals surface area (Å²) in [5, 5.41) is 2.48. The Morgan fingerprint density at radius 2 is 0.962 bits per heavy atom. The lowest BCUT2D eigenvalue weighted by Gasteiger charge is -2.23. The third kappa shape index (κ3) is 5.71. The van der Waals surface area contributed by atoms with E-state index in [1.807, 2.05) is 36.4 Å². The molecule has 0 amide bonds. The highest BCUT2D eigenvalue weighted by atomic mass is 16.5. The predicted octanol–water partition coefficient (Wildman–Crippen LogP) is 11.9. The van der Waals surface area contributed by atoms with Crippen LogP contribution in [0, 0.1) is 0 Å². The SMILES string of the molecule is C1=CC2Oc3cccc(-c4ccc(-c5ccc6ccccc6c5)cc4)c3C2C(c2nc(-c3ccccc3)nc(-c3ccc(-c4ccccc4)cc3)n2)=C1. The molecule has 1 aromatic heterocycles. The molecule has 0 bridgehead atoms. The van der Waals surface area contributed by atoms with E-state index in [1.165, 1.54) is 27.5 Å². The molecule has 4 heteroatoms. The molecule has 0 radical (unpaired) electrons. The van der Waals surface area contributed by atoms with Gasteiger partial charge in [-0.2, -0.15) is 0 Å². The van der Waals surface area contributed by atoms with Crippen molar-refractivity contribution in [2.24, 2.45) is 0 Å². The summed E-state index contributed by atoms with van der Waals surface area (Å²) in [7, 11) is 0. The fourth-order valence-electron chi connectivity index (χ4n) is 7.67. The summed E-state index contributed by atoms with van der Waals surface area (Å²) in [6, 6.07) is 59.4. The maximum atomic E-state index is 6.64. The van der Waals surface area contributed by atoms with E-state index in [9.17, 15) is 0 Å². The second kappa shape index (κ2) is 13.0. The molecule has 53 heavy (non-hydrogen) atoms. The Kier molecular flexibility index (Phi) is 7.58. The molecule has 250 valence electrons. The minimum Gasteiger partial charge on any atom is -0.485 e. The Bertz CT molecular complexity index is 2680. The van der Waals surface area contributed by atoms with Crippen molar-refractivity contribution in [2.45, 2.75) is 12.0 Å². The average Bonchev–Trinajstić information content (AvgIpc) is 3.63. The number of benzene rings is 7. The molecule has 0 spiro atoms. The van der Waals surface area contributed by atoms with Gasteiger partial charge in [0, 0.05) is 22.3 Å². The number of aromatic nitrogens is 3. The van der Waals surface area contributed by atoms with Crippen molar-refractivity contribution < 1.29 is 4.74 Å². The Morgan fingerprint density at radius 1 is 0.415 bits per heavy atom. The zero-order valence-electron chi connectivity index (χ0n) is 28.8. The van der Waals surface area contributed by atoms with E-state index in [2.05, 4.69) is 152 Å². The summed E-state index contributed by atoms with van der Waals surface area (Å²) < 4.78 is 6.64. The number of nitrogens with zero attached hydrogens (tertiary/aromatic N) is 3. The maximum Gasteiger partial charge on any atom is 0.164 e. The summed E-state index contributed by atoms with van der Waals surface area (Å²) in [6.07, 6.45) is 6.18. The number of fused-ring (bicyclic) bond motifs is 4. The third-order valence-electron chi connectivity index (χ3n) is 10.3.